The minimum atomic E-state index is -0.455. The van der Waals surface area contributed by atoms with Crippen LogP contribution in [0.1, 0.15) is 12.0 Å². The van der Waals surface area contributed by atoms with E-state index in [2.05, 4.69) is 10.4 Å². The maximum absolute atomic E-state index is 12.1. The SMILES string of the molecule is O=C(NCCCn1cccn1)[C@H]1Cc2cc(Cl)ccc2O1. The molecule has 0 radical (unpaired) electrons. The smallest absolute Gasteiger partial charge is 0.261 e. The van der Waals surface area contributed by atoms with E-state index < -0.39 is 6.10 Å². The van der Waals surface area contributed by atoms with Gasteiger partial charge in [0, 0.05) is 36.9 Å². The number of hydrogen-bond acceptors (Lipinski definition) is 3. The lowest BCUT2D eigenvalue weighted by atomic mass is 10.1. The Labute approximate surface area is 127 Å². The average Bonchev–Trinajstić information content (AvgIpc) is 3.11. The number of rotatable bonds is 5. The third kappa shape index (κ3) is 3.36. The van der Waals surface area contributed by atoms with E-state index in [0.717, 1.165) is 24.3 Å². The zero-order valence-electron chi connectivity index (χ0n) is 11.5. The van der Waals surface area contributed by atoms with Crippen molar-refractivity contribution in [2.75, 3.05) is 6.54 Å². The Kier molecular flexibility index (Phi) is 4.10. The molecule has 21 heavy (non-hydrogen) atoms. The Morgan fingerprint density at radius 1 is 1.52 bits per heavy atom. The van der Waals surface area contributed by atoms with Crippen LogP contribution in [0.3, 0.4) is 0 Å². The van der Waals surface area contributed by atoms with Crippen molar-refractivity contribution in [1.29, 1.82) is 0 Å². The molecule has 3 rings (SSSR count). The van der Waals surface area contributed by atoms with E-state index in [1.807, 2.05) is 29.1 Å². The summed E-state index contributed by atoms with van der Waals surface area (Å²) >= 11 is 5.94. The van der Waals surface area contributed by atoms with Gasteiger partial charge in [-0.15, -0.1) is 0 Å². The number of hydrogen-bond donors (Lipinski definition) is 1. The predicted molar refractivity (Wildman–Crippen MR) is 79.4 cm³/mol. The monoisotopic (exact) mass is 305 g/mol. The molecule has 0 saturated heterocycles. The van der Waals surface area contributed by atoms with Crippen molar-refractivity contribution in [1.82, 2.24) is 15.1 Å². The highest BCUT2D eigenvalue weighted by Gasteiger charge is 2.28. The number of carbonyl (C=O) groups is 1. The molecule has 2 aromatic rings. The van der Waals surface area contributed by atoms with Gasteiger partial charge in [-0.1, -0.05) is 11.6 Å². The summed E-state index contributed by atoms with van der Waals surface area (Å²) in [6.45, 7) is 1.39. The van der Waals surface area contributed by atoms with E-state index in [-0.39, 0.29) is 5.91 Å². The van der Waals surface area contributed by atoms with Crippen molar-refractivity contribution >= 4 is 17.5 Å². The van der Waals surface area contributed by atoms with Gasteiger partial charge >= 0.3 is 0 Å². The Hall–Kier alpha value is -2.01. The predicted octanol–water partition coefficient (Wildman–Crippen LogP) is 2.05. The molecule has 1 aliphatic heterocycles. The van der Waals surface area contributed by atoms with Crippen LogP contribution in [-0.4, -0.2) is 28.3 Å². The summed E-state index contributed by atoms with van der Waals surface area (Å²) in [4.78, 5) is 12.1. The number of benzene rings is 1. The molecule has 0 bridgehead atoms. The highest BCUT2D eigenvalue weighted by atomic mass is 35.5. The third-order valence-electron chi connectivity index (χ3n) is 3.41. The molecule has 6 heteroatoms. The molecule has 2 heterocycles. The number of nitrogens with zero attached hydrogens (tertiary/aromatic N) is 2. The van der Waals surface area contributed by atoms with Crippen LogP contribution in [0.4, 0.5) is 0 Å². The molecule has 0 unspecified atom stereocenters. The molecule has 110 valence electrons. The van der Waals surface area contributed by atoms with Gasteiger partial charge in [-0.25, -0.2) is 0 Å². The van der Waals surface area contributed by atoms with Crippen molar-refractivity contribution in [3.8, 4) is 5.75 Å². The molecule has 5 nitrogen and oxygen atoms in total. The van der Waals surface area contributed by atoms with Crippen molar-refractivity contribution in [3.63, 3.8) is 0 Å². The quantitative estimate of drug-likeness (QED) is 0.860. The Morgan fingerprint density at radius 3 is 3.24 bits per heavy atom. The van der Waals surface area contributed by atoms with Gasteiger partial charge in [0.2, 0.25) is 0 Å². The second-order valence-electron chi connectivity index (χ2n) is 4.98. The van der Waals surface area contributed by atoms with Crippen LogP contribution in [-0.2, 0) is 17.8 Å². The van der Waals surface area contributed by atoms with Crippen LogP contribution in [0.25, 0.3) is 0 Å². The van der Waals surface area contributed by atoms with Gasteiger partial charge in [0.15, 0.2) is 6.10 Å². The maximum atomic E-state index is 12.1. The number of halogens is 1. The van der Waals surface area contributed by atoms with Gasteiger partial charge in [0.05, 0.1) is 0 Å². The minimum Gasteiger partial charge on any atom is -0.480 e. The van der Waals surface area contributed by atoms with E-state index in [1.54, 1.807) is 12.3 Å². The number of nitrogens with one attached hydrogen (secondary N) is 1. The summed E-state index contributed by atoms with van der Waals surface area (Å²) in [5.41, 5.74) is 0.985. The summed E-state index contributed by atoms with van der Waals surface area (Å²) in [6.07, 6.45) is 4.60. The van der Waals surface area contributed by atoms with Gasteiger partial charge in [-0.05, 0) is 36.2 Å². The van der Waals surface area contributed by atoms with Gasteiger partial charge < -0.3 is 10.1 Å². The highest BCUT2D eigenvalue weighted by Crippen LogP contribution is 2.31. The number of aryl methyl sites for hydroxylation is 1. The summed E-state index contributed by atoms with van der Waals surface area (Å²) < 4.78 is 7.48. The maximum Gasteiger partial charge on any atom is 0.261 e. The van der Waals surface area contributed by atoms with Crippen molar-refractivity contribution in [3.05, 3.63) is 47.2 Å². The number of ether oxygens (including phenoxy) is 1. The van der Waals surface area contributed by atoms with Crippen LogP contribution in [0.5, 0.6) is 5.75 Å². The third-order valence-corrected chi connectivity index (χ3v) is 3.65. The minimum absolute atomic E-state index is 0.0808. The first-order valence-corrected chi connectivity index (χ1v) is 7.30. The van der Waals surface area contributed by atoms with Gasteiger partial charge in [0.1, 0.15) is 5.75 Å². The summed E-state index contributed by atoms with van der Waals surface area (Å²) in [5, 5.41) is 7.68. The lowest BCUT2D eigenvalue weighted by Crippen LogP contribution is -2.38. The van der Waals surface area contributed by atoms with E-state index in [4.69, 9.17) is 16.3 Å². The van der Waals surface area contributed by atoms with Crippen molar-refractivity contribution < 1.29 is 9.53 Å². The number of amides is 1. The Bertz CT molecular complexity index is 628. The van der Waals surface area contributed by atoms with Crippen LogP contribution >= 0.6 is 11.6 Å². The van der Waals surface area contributed by atoms with Crippen molar-refractivity contribution in [2.24, 2.45) is 0 Å². The van der Waals surface area contributed by atoms with E-state index in [1.165, 1.54) is 0 Å². The molecule has 1 aromatic heterocycles. The normalized spacial score (nSPS) is 16.3. The van der Waals surface area contributed by atoms with E-state index in [9.17, 15) is 4.79 Å². The zero-order chi connectivity index (χ0) is 14.7. The van der Waals surface area contributed by atoms with E-state index in [0.29, 0.717) is 18.0 Å². The van der Waals surface area contributed by atoms with Gasteiger partial charge in [0.25, 0.3) is 5.91 Å². The fourth-order valence-electron chi connectivity index (χ4n) is 2.36. The second-order valence-corrected chi connectivity index (χ2v) is 5.41. The molecule has 0 fully saturated rings. The Balaban J connectivity index is 1.45. The topological polar surface area (TPSA) is 56.2 Å². The highest BCUT2D eigenvalue weighted by molar-refractivity contribution is 6.30. The lowest BCUT2D eigenvalue weighted by molar-refractivity contribution is -0.127. The first-order chi connectivity index (χ1) is 10.2. The van der Waals surface area contributed by atoms with Crippen molar-refractivity contribution in [2.45, 2.75) is 25.5 Å². The molecule has 1 atom stereocenters. The standard InChI is InChI=1S/C15H16ClN3O2/c16-12-3-4-13-11(9-12)10-14(21-13)15(20)17-5-1-7-19-8-2-6-18-19/h2-4,6,8-9,14H,1,5,7,10H2,(H,17,20)/t14-/m1/s1. The van der Waals surface area contributed by atoms with Crippen LogP contribution in [0.15, 0.2) is 36.7 Å². The summed E-state index contributed by atoms with van der Waals surface area (Å²) in [6, 6.07) is 7.31. The first-order valence-electron chi connectivity index (χ1n) is 6.92. The molecule has 1 aromatic carbocycles. The molecular formula is C15H16ClN3O2. The fourth-order valence-corrected chi connectivity index (χ4v) is 2.56. The Morgan fingerprint density at radius 2 is 2.43 bits per heavy atom. The van der Waals surface area contributed by atoms with Gasteiger partial charge in [-0.3, -0.25) is 9.48 Å². The van der Waals surface area contributed by atoms with E-state index >= 15 is 0 Å². The summed E-state index contributed by atoms with van der Waals surface area (Å²) in [5.74, 6) is 0.666. The first kappa shape index (κ1) is 13.9. The van der Waals surface area contributed by atoms with Crippen LogP contribution in [0, 0.1) is 0 Å². The molecular weight excluding hydrogens is 290 g/mol. The molecule has 0 aliphatic carbocycles. The lowest BCUT2D eigenvalue weighted by Gasteiger charge is -2.11. The van der Waals surface area contributed by atoms with Crippen LogP contribution in [0.2, 0.25) is 5.02 Å². The molecule has 1 amide bonds. The fraction of sp³-hybridized carbons (Fsp3) is 0.333. The largest absolute Gasteiger partial charge is 0.480 e. The van der Waals surface area contributed by atoms with Gasteiger partial charge in [-0.2, -0.15) is 5.10 Å². The molecule has 1 N–H and O–H groups in total. The average molecular weight is 306 g/mol. The molecule has 0 spiro atoms. The number of carbonyl (C=O) groups excluding carboxylic acids is 1. The summed E-state index contributed by atoms with van der Waals surface area (Å²) in [7, 11) is 0. The molecule has 0 saturated carbocycles. The number of aromatic nitrogens is 2. The number of fused-ring (bicyclic) bond motifs is 1. The zero-order valence-corrected chi connectivity index (χ0v) is 12.2. The second kappa shape index (κ2) is 6.18. The van der Waals surface area contributed by atoms with Crippen LogP contribution < -0.4 is 10.1 Å². The molecule has 1 aliphatic rings.